The number of halogens is 1. The van der Waals surface area contributed by atoms with E-state index in [1.54, 1.807) is 54.9 Å². The van der Waals surface area contributed by atoms with Crippen molar-refractivity contribution in [1.29, 1.82) is 0 Å². The van der Waals surface area contributed by atoms with E-state index < -0.39 is 11.9 Å². The van der Waals surface area contributed by atoms with Gasteiger partial charge in [-0.15, -0.1) is 0 Å². The molecule has 3 amide bonds. The summed E-state index contributed by atoms with van der Waals surface area (Å²) in [5, 5.41) is 3.07. The zero-order valence-electron chi connectivity index (χ0n) is 19.3. The van der Waals surface area contributed by atoms with Crippen LogP contribution in [-0.4, -0.2) is 84.8 Å². The zero-order valence-corrected chi connectivity index (χ0v) is 20.9. The van der Waals surface area contributed by atoms with Gasteiger partial charge in [0.2, 0.25) is 11.8 Å². The van der Waals surface area contributed by atoms with E-state index in [0.29, 0.717) is 49.7 Å². The molecule has 182 valence electrons. The number of amides is 3. The highest BCUT2D eigenvalue weighted by Gasteiger charge is 2.31. The van der Waals surface area contributed by atoms with E-state index in [1.807, 2.05) is 6.26 Å². The Kier molecular flexibility index (Phi) is 11.0. The Hall–Kier alpha value is -2.26. The molecule has 2 atom stereocenters. The van der Waals surface area contributed by atoms with Gasteiger partial charge >= 0.3 is 5.97 Å². The normalized spacial score (nSPS) is 16.6. The Morgan fingerprint density at radius 3 is 2.70 bits per heavy atom. The minimum Gasteiger partial charge on any atom is -0.466 e. The minimum atomic E-state index is -0.785. The van der Waals surface area contributed by atoms with Gasteiger partial charge in [0.25, 0.3) is 5.91 Å². The summed E-state index contributed by atoms with van der Waals surface area (Å²) in [6, 6.07) is 5.85. The number of carbonyl (C=O) groups is 4. The Bertz CT molecular complexity index is 853. The summed E-state index contributed by atoms with van der Waals surface area (Å²) >= 11 is 7.68. The van der Waals surface area contributed by atoms with Crippen molar-refractivity contribution in [3.63, 3.8) is 0 Å². The summed E-state index contributed by atoms with van der Waals surface area (Å²) in [7, 11) is 1.54. The number of likely N-dealkylation sites (N-methyl/N-ethyl adjacent to an activating group) is 1. The average Bonchev–Trinajstić information content (AvgIpc) is 2.81. The molecule has 1 N–H and O–H groups in total. The Labute approximate surface area is 204 Å². The third kappa shape index (κ3) is 7.92. The number of benzene rings is 1. The molecule has 8 nitrogen and oxygen atoms in total. The molecule has 1 aliphatic rings. The second kappa shape index (κ2) is 13.4. The van der Waals surface area contributed by atoms with Crippen molar-refractivity contribution >= 4 is 47.1 Å². The van der Waals surface area contributed by atoms with Crippen molar-refractivity contribution in [2.24, 2.45) is 5.92 Å². The van der Waals surface area contributed by atoms with E-state index in [0.717, 1.165) is 0 Å². The van der Waals surface area contributed by atoms with Crippen LogP contribution >= 0.6 is 23.4 Å². The van der Waals surface area contributed by atoms with E-state index in [1.165, 1.54) is 4.90 Å². The van der Waals surface area contributed by atoms with Crippen LogP contribution in [0.3, 0.4) is 0 Å². The number of esters is 1. The predicted molar refractivity (Wildman–Crippen MR) is 129 cm³/mol. The van der Waals surface area contributed by atoms with Crippen LogP contribution in [0.5, 0.6) is 0 Å². The smallest absolute Gasteiger partial charge is 0.310 e. The molecule has 1 saturated heterocycles. The van der Waals surface area contributed by atoms with Gasteiger partial charge in [-0.25, -0.2) is 0 Å². The molecule has 1 aromatic carbocycles. The first kappa shape index (κ1) is 27.0. The highest BCUT2D eigenvalue weighted by molar-refractivity contribution is 7.98. The lowest BCUT2D eigenvalue weighted by molar-refractivity contribution is -0.152. The van der Waals surface area contributed by atoms with Crippen LogP contribution in [0, 0.1) is 5.92 Å². The van der Waals surface area contributed by atoms with E-state index in [4.69, 9.17) is 16.3 Å². The van der Waals surface area contributed by atoms with Crippen LogP contribution in [-0.2, 0) is 19.1 Å². The Morgan fingerprint density at radius 1 is 1.30 bits per heavy atom. The summed E-state index contributed by atoms with van der Waals surface area (Å²) < 4.78 is 5.09. The molecule has 10 heteroatoms. The van der Waals surface area contributed by atoms with Crippen LogP contribution in [0.15, 0.2) is 24.3 Å². The van der Waals surface area contributed by atoms with Gasteiger partial charge in [-0.05, 0) is 50.3 Å². The summed E-state index contributed by atoms with van der Waals surface area (Å²) in [5.74, 6) is -0.994. The fourth-order valence-corrected chi connectivity index (χ4v) is 4.37. The van der Waals surface area contributed by atoms with Crippen LogP contribution in [0.2, 0.25) is 5.02 Å². The molecule has 1 heterocycles. The molecule has 33 heavy (non-hydrogen) atoms. The van der Waals surface area contributed by atoms with Crippen LogP contribution in [0.4, 0.5) is 0 Å². The number of nitrogens with zero attached hydrogens (tertiary/aromatic N) is 2. The number of likely N-dealkylation sites (tertiary alicyclic amines) is 1. The molecule has 0 aromatic heterocycles. The molecule has 0 radical (unpaired) electrons. The SMILES string of the molecule is CCOC(=O)C1CCCN(C(=O)CN(C)C(=O)C(CCSC)NC(=O)c2ccccc2Cl)C1. The maximum Gasteiger partial charge on any atom is 0.310 e. The van der Waals surface area contributed by atoms with Gasteiger partial charge in [-0.2, -0.15) is 11.8 Å². The van der Waals surface area contributed by atoms with Crippen molar-refractivity contribution in [1.82, 2.24) is 15.1 Å². The summed E-state index contributed by atoms with van der Waals surface area (Å²) in [4.78, 5) is 53.6. The molecule has 0 spiro atoms. The fourth-order valence-electron chi connectivity index (χ4n) is 3.68. The Morgan fingerprint density at radius 2 is 2.03 bits per heavy atom. The number of carbonyl (C=O) groups excluding carboxylic acids is 4. The second-order valence-electron chi connectivity index (χ2n) is 7.91. The number of nitrogens with one attached hydrogen (secondary N) is 1. The summed E-state index contributed by atoms with van der Waals surface area (Å²) in [6.07, 6.45) is 3.73. The van der Waals surface area contributed by atoms with Gasteiger partial charge in [-0.3, -0.25) is 19.2 Å². The Balaban J connectivity index is 2.01. The molecule has 1 aliphatic heterocycles. The third-order valence-electron chi connectivity index (χ3n) is 5.48. The van der Waals surface area contributed by atoms with Crippen LogP contribution in [0.25, 0.3) is 0 Å². The molecule has 0 bridgehead atoms. The third-order valence-corrected chi connectivity index (χ3v) is 6.45. The highest BCUT2D eigenvalue weighted by Crippen LogP contribution is 2.19. The summed E-state index contributed by atoms with van der Waals surface area (Å²) in [6.45, 7) is 2.75. The van der Waals surface area contributed by atoms with Crippen LogP contribution < -0.4 is 5.32 Å². The summed E-state index contributed by atoms with van der Waals surface area (Å²) in [5.41, 5.74) is 0.290. The van der Waals surface area contributed by atoms with Crippen molar-refractivity contribution in [2.45, 2.75) is 32.2 Å². The molecule has 1 aromatic rings. The van der Waals surface area contributed by atoms with Crippen molar-refractivity contribution in [3.8, 4) is 0 Å². The number of hydrogen-bond donors (Lipinski definition) is 1. The quantitative estimate of drug-likeness (QED) is 0.499. The first-order valence-electron chi connectivity index (χ1n) is 11.0. The lowest BCUT2D eigenvalue weighted by Gasteiger charge is -2.33. The first-order chi connectivity index (χ1) is 15.8. The predicted octanol–water partition coefficient (Wildman–Crippen LogP) is 2.45. The number of rotatable bonds is 10. The van der Waals surface area contributed by atoms with E-state index in [9.17, 15) is 19.2 Å². The van der Waals surface area contributed by atoms with E-state index in [-0.39, 0.29) is 35.8 Å². The lowest BCUT2D eigenvalue weighted by atomic mass is 9.98. The largest absolute Gasteiger partial charge is 0.466 e. The molecule has 2 unspecified atom stereocenters. The molecule has 1 fully saturated rings. The molecule has 2 rings (SSSR count). The van der Waals surface area contributed by atoms with Gasteiger partial charge < -0.3 is 19.9 Å². The number of thioether (sulfide) groups is 1. The lowest BCUT2D eigenvalue weighted by Crippen LogP contribution is -2.51. The minimum absolute atomic E-state index is 0.133. The number of ether oxygens (including phenoxy) is 1. The maximum absolute atomic E-state index is 13.1. The molecular formula is C23H32ClN3O5S. The van der Waals surface area contributed by atoms with Crippen LogP contribution in [0.1, 0.15) is 36.5 Å². The molecular weight excluding hydrogens is 466 g/mol. The first-order valence-corrected chi connectivity index (χ1v) is 12.8. The molecule has 0 aliphatic carbocycles. The van der Waals surface area contributed by atoms with Gasteiger partial charge in [0, 0.05) is 20.1 Å². The second-order valence-corrected chi connectivity index (χ2v) is 9.31. The number of piperidine rings is 1. The van der Waals surface area contributed by atoms with Gasteiger partial charge in [-0.1, -0.05) is 23.7 Å². The monoisotopic (exact) mass is 497 g/mol. The fraction of sp³-hybridized carbons (Fsp3) is 0.565. The standard InChI is InChI=1S/C23H32ClN3O5S/c1-4-32-23(31)16-8-7-12-27(14-16)20(28)15-26(2)22(30)19(11-13-33-3)25-21(29)17-9-5-6-10-18(17)24/h5-6,9-10,16,19H,4,7-8,11-15H2,1-3H3,(H,25,29). The van der Waals surface area contributed by atoms with Gasteiger partial charge in [0.05, 0.1) is 29.7 Å². The van der Waals surface area contributed by atoms with E-state index >= 15 is 0 Å². The number of hydrogen-bond acceptors (Lipinski definition) is 6. The van der Waals surface area contributed by atoms with Crippen molar-refractivity contribution < 1.29 is 23.9 Å². The van der Waals surface area contributed by atoms with E-state index in [2.05, 4.69) is 5.32 Å². The van der Waals surface area contributed by atoms with Crippen molar-refractivity contribution in [2.75, 3.05) is 45.3 Å². The van der Waals surface area contributed by atoms with Gasteiger partial charge in [0.1, 0.15) is 6.04 Å². The zero-order chi connectivity index (χ0) is 24.4. The van der Waals surface area contributed by atoms with Gasteiger partial charge in [0.15, 0.2) is 0 Å². The average molecular weight is 498 g/mol. The molecule has 0 saturated carbocycles. The topological polar surface area (TPSA) is 96.0 Å². The highest BCUT2D eigenvalue weighted by atomic mass is 35.5. The van der Waals surface area contributed by atoms with Crippen molar-refractivity contribution in [3.05, 3.63) is 34.9 Å². The maximum atomic E-state index is 13.1.